The van der Waals surface area contributed by atoms with Crippen molar-refractivity contribution in [3.05, 3.63) is 28.2 Å². The lowest BCUT2D eigenvalue weighted by atomic mass is 10.1. The lowest BCUT2D eigenvalue weighted by Gasteiger charge is -2.06. The molecule has 2 nitrogen and oxygen atoms in total. The Labute approximate surface area is 108 Å². The van der Waals surface area contributed by atoms with Crippen LogP contribution in [0.2, 0.25) is 0 Å². The van der Waals surface area contributed by atoms with Gasteiger partial charge in [0.15, 0.2) is 0 Å². The summed E-state index contributed by atoms with van der Waals surface area (Å²) >= 11 is 1.69. The topological polar surface area (TPSA) is 22.1 Å². The van der Waals surface area contributed by atoms with Gasteiger partial charge in [-0.15, -0.1) is 11.3 Å². The summed E-state index contributed by atoms with van der Waals surface area (Å²) in [4.78, 5) is 5.74. The molecule has 0 saturated carbocycles. The molecule has 0 fully saturated rings. The van der Waals surface area contributed by atoms with E-state index in [1.165, 1.54) is 0 Å². The molecule has 1 heterocycles. The van der Waals surface area contributed by atoms with Crippen molar-refractivity contribution < 1.29 is 4.74 Å². The Bertz CT molecular complexity index is 416. The number of allylic oxidation sites excluding steroid dienone is 1. The quantitative estimate of drug-likeness (QED) is 0.716. The van der Waals surface area contributed by atoms with Gasteiger partial charge in [-0.05, 0) is 18.1 Å². The molecule has 0 aliphatic rings. The Kier molecular flexibility index (Phi) is 4.94. The van der Waals surface area contributed by atoms with Crippen LogP contribution in [0.5, 0.6) is 0 Å². The molecule has 1 rings (SSSR count). The van der Waals surface area contributed by atoms with Crippen molar-refractivity contribution in [2.45, 2.75) is 33.6 Å². The van der Waals surface area contributed by atoms with Crippen molar-refractivity contribution in [2.24, 2.45) is 5.92 Å². The van der Waals surface area contributed by atoms with Crippen LogP contribution in [0.1, 0.15) is 49.2 Å². The molecule has 94 valence electrons. The highest BCUT2D eigenvalue weighted by atomic mass is 32.1. The number of methoxy groups -OCH3 is 1. The number of rotatable bonds is 5. The van der Waals surface area contributed by atoms with Crippen molar-refractivity contribution in [3.8, 4) is 0 Å². The molecule has 0 spiro atoms. The van der Waals surface area contributed by atoms with Crippen LogP contribution in [0.3, 0.4) is 0 Å². The van der Waals surface area contributed by atoms with E-state index in [4.69, 9.17) is 4.74 Å². The van der Waals surface area contributed by atoms with Gasteiger partial charge in [0.2, 0.25) is 0 Å². The van der Waals surface area contributed by atoms with Gasteiger partial charge in [-0.1, -0.05) is 34.3 Å². The maximum absolute atomic E-state index is 5.44. The standard InChI is InChI=1S/C14H21NOS/c1-7-12-13(11(16-6)8-9(2)3)15-14(17-12)10(4)5/h7-10H,1H2,2-6H3/b11-8+. The second-order valence-electron chi connectivity index (χ2n) is 4.60. The van der Waals surface area contributed by atoms with Crippen LogP contribution in [0.25, 0.3) is 11.8 Å². The van der Waals surface area contributed by atoms with Gasteiger partial charge in [-0.2, -0.15) is 0 Å². The van der Waals surface area contributed by atoms with E-state index in [1.807, 2.05) is 6.08 Å². The Morgan fingerprint density at radius 3 is 2.41 bits per heavy atom. The molecule has 0 bridgehead atoms. The Morgan fingerprint density at radius 2 is 2.00 bits per heavy atom. The van der Waals surface area contributed by atoms with Crippen LogP contribution < -0.4 is 0 Å². The first kappa shape index (κ1) is 14.0. The van der Waals surface area contributed by atoms with E-state index < -0.39 is 0 Å². The summed E-state index contributed by atoms with van der Waals surface area (Å²) in [5.74, 6) is 1.72. The second kappa shape index (κ2) is 6.01. The highest BCUT2D eigenvalue weighted by Crippen LogP contribution is 2.30. The molecule has 0 aliphatic heterocycles. The smallest absolute Gasteiger partial charge is 0.142 e. The second-order valence-corrected chi connectivity index (χ2v) is 5.67. The minimum absolute atomic E-state index is 0.435. The molecule has 1 aromatic rings. The van der Waals surface area contributed by atoms with E-state index in [1.54, 1.807) is 18.4 Å². The predicted octanol–water partition coefficient (Wildman–Crippen LogP) is 4.55. The molecule has 0 atom stereocenters. The van der Waals surface area contributed by atoms with Gasteiger partial charge in [0.25, 0.3) is 0 Å². The van der Waals surface area contributed by atoms with Crippen molar-refractivity contribution >= 4 is 23.2 Å². The van der Waals surface area contributed by atoms with Crippen LogP contribution >= 0.6 is 11.3 Å². The summed E-state index contributed by atoms with van der Waals surface area (Å²) < 4.78 is 5.44. The van der Waals surface area contributed by atoms with E-state index in [-0.39, 0.29) is 0 Å². The number of aromatic nitrogens is 1. The Hall–Kier alpha value is -1.09. The maximum Gasteiger partial charge on any atom is 0.142 e. The number of hydrogen-bond donors (Lipinski definition) is 0. The fourth-order valence-electron chi connectivity index (χ4n) is 1.46. The van der Waals surface area contributed by atoms with Gasteiger partial charge in [0.05, 0.1) is 17.0 Å². The summed E-state index contributed by atoms with van der Waals surface area (Å²) in [6.45, 7) is 12.4. The van der Waals surface area contributed by atoms with E-state index in [9.17, 15) is 0 Å². The first-order valence-electron chi connectivity index (χ1n) is 5.88. The van der Waals surface area contributed by atoms with E-state index >= 15 is 0 Å². The van der Waals surface area contributed by atoms with Crippen LogP contribution in [0.15, 0.2) is 12.7 Å². The fraction of sp³-hybridized carbons (Fsp3) is 0.500. The zero-order chi connectivity index (χ0) is 13.0. The molecule has 1 aromatic heterocycles. The van der Waals surface area contributed by atoms with E-state index in [0.29, 0.717) is 11.8 Å². The Morgan fingerprint density at radius 1 is 1.35 bits per heavy atom. The number of nitrogens with zero attached hydrogens (tertiary/aromatic N) is 1. The first-order valence-corrected chi connectivity index (χ1v) is 6.70. The van der Waals surface area contributed by atoms with Crippen molar-refractivity contribution in [3.63, 3.8) is 0 Å². The molecule has 3 heteroatoms. The SMILES string of the molecule is C=Cc1sc(C(C)C)nc1/C(=C\C(C)C)OC. The number of ether oxygens (including phenoxy) is 1. The zero-order valence-electron chi connectivity index (χ0n) is 11.3. The molecule has 0 amide bonds. The third kappa shape index (κ3) is 3.43. The zero-order valence-corrected chi connectivity index (χ0v) is 12.1. The van der Waals surface area contributed by atoms with Gasteiger partial charge < -0.3 is 4.74 Å². The van der Waals surface area contributed by atoms with Gasteiger partial charge in [0, 0.05) is 5.92 Å². The molecule has 0 aromatic carbocycles. The molecule has 0 aliphatic carbocycles. The largest absolute Gasteiger partial charge is 0.495 e. The van der Waals surface area contributed by atoms with Gasteiger partial charge in [0.1, 0.15) is 11.5 Å². The summed E-state index contributed by atoms with van der Waals surface area (Å²) in [6, 6.07) is 0. The maximum atomic E-state index is 5.44. The van der Waals surface area contributed by atoms with Crippen LogP contribution in [-0.2, 0) is 4.74 Å². The molecular weight excluding hydrogens is 230 g/mol. The van der Waals surface area contributed by atoms with Crippen molar-refractivity contribution in [2.75, 3.05) is 7.11 Å². The third-order valence-corrected chi connectivity index (χ3v) is 3.64. The normalized spacial score (nSPS) is 12.3. The summed E-state index contributed by atoms with van der Waals surface area (Å²) in [7, 11) is 1.69. The lowest BCUT2D eigenvalue weighted by molar-refractivity contribution is 0.365. The summed E-state index contributed by atoms with van der Waals surface area (Å²) in [6.07, 6.45) is 3.94. The molecule has 0 unspecified atom stereocenters. The molecule has 0 saturated heterocycles. The van der Waals surface area contributed by atoms with Crippen LogP contribution in [0.4, 0.5) is 0 Å². The molecule has 0 radical (unpaired) electrons. The Balaban J connectivity index is 3.23. The molecule has 0 N–H and O–H groups in total. The first-order chi connectivity index (χ1) is 7.99. The third-order valence-electron chi connectivity index (χ3n) is 2.29. The number of hydrogen-bond acceptors (Lipinski definition) is 3. The fourth-order valence-corrected chi connectivity index (χ4v) is 2.38. The summed E-state index contributed by atoms with van der Waals surface area (Å²) in [5.41, 5.74) is 0.921. The minimum atomic E-state index is 0.435. The monoisotopic (exact) mass is 251 g/mol. The summed E-state index contributed by atoms with van der Waals surface area (Å²) in [5, 5.41) is 1.13. The lowest BCUT2D eigenvalue weighted by Crippen LogP contribution is -1.94. The predicted molar refractivity (Wildman–Crippen MR) is 76.1 cm³/mol. The van der Waals surface area contributed by atoms with Crippen LogP contribution in [0, 0.1) is 5.92 Å². The van der Waals surface area contributed by atoms with E-state index in [0.717, 1.165) is 21.3 Å². The average molecular weight is 251 g/mol. The van der Waals surface area contributed by atoms with Gasteiger partial charge in [-0.25, -0.2) is 4.98 Å². The van der Waals surface area contributed by atoms with Crippen molar-refractivity contribution in [1.29, 1.82) is 0 Å². The van der Waals surface area contributed by atoms with E-state index in [2.05, 4.69) is 45.3 Å². The number of thiazole rings is 1. The van der Waals surface area contributed by atoms with Gasteiger partial charge >= 0.3 is 0 Å². The minimum Gasteiger partial charge on any atom is -0.495 e. The average Bonchev–Trinajstić information content (AvgIpc) is 2.69. The van der Waals surface area contributed by atoms with Crippen LogP contribution in [-0.4, -0.2) is 12.1 Å². The molecular formula is C14H21NOS. The van der Waals surface area contributed by atoms with Gasteiger partial charge in [-0.3, -0.25) is 0 Å². The highest BCUT2D eigenvalue weighted by molar-refractivity contribution is 7.12. The molecule has 17 heavy (non-hydrogen) atoms. The highest BCUT2D eigenvalue weighted by Gasteiger charge is 2.15. The van der Waals surface area contributed by atoms with Crippen molar-refractivity contribution in [1.82, 2.24) is 4.98 Å².